The Kier molecular flexibility index (Phi) is 5.61. The normalized spacial score (nSPS) is 16.8. The molecule has 0 unspecified atom stereocenters. The Morgan fingerprint density at radius 2 is 1.96 bits per heavy atom. The average molecular weight is 366 g/mol. The number of rotatable bonds is 5. The van der Waals surface area contributed by atoms with Crippen molar-refractivity contribution in [3.05, 3.63) is 58.1 Å². The zero-order valence-electron chi connectivity index (χ0n) is 12.9. The molecule has 1 aliphatic heterocycles. The number of ether oxygens (including phenoxy) is 2. The predicted molar refractivity (Wildman–Crippen MR) is 95.3 cm³/mol. The van der Waals surface area contributed by atoms with Gasteiger partial charge in [-0.1, -0.05) is 35.3 Å². The second-order valence-corrected chi connectivity index (χ2v) is 6.43. The minimum Gasteiger partial charge on any atom is -0.489 e. The molecule has 4 nitrogen and oxygen atoms in total. The molecule has 3 rings (SSSR count). The summed E-state index contributed by atoms with van der Waals surface area (Å²) in [6, 6.07) is 12.0. The highest BCUT2D eigenvalue weighted by molar-refractivity contribution is 6.35. The van der Waals surface area contributed by atoms with Crippen LogP contribution in [0.4, 0.5) is 5.69 Å². The molecule has 1 atom stereocenters. The molecule has 2 aromatic carbocycles. The molecule has 1 amide bonds. The van der Waals surface area contributed by atoms with E-state index >= 15 is 0 Å². The first kappa shape index (κ1) is 17.1. The second-order valence-electron chi connectivity index (χ2n) is 5.55. The highest BCUT2D eigenvalue weighted by atomic mass is 35.5. The van der Waals surface area contributed by atoms with Gasteiger partial charge in [-0.25, -0.2) is 0 Å². The first-order valence-corrected chi connectivity index (χ1v) is 8.48. The Balaban J connectivity index is 1.70. The molecule has 1 aliphatic rings. The van der Waals surface area contributed by atoms with E-state index < -0.39 is 0 Å². The molecule has 1 fully saturated rings. The number of benzene rings is 2. The fraction of sp³-hybridized carbons (Fsp3) is 0.278. The van der Waals surface area contributed by atoms with Crippen LogP contribution in [-0.2, 0) is 4.74 Å². The Bertz CT molecular complexity index is 710. The van der Waals surface area contributed by atoms with Gasteiger partial charge in [-0.3, -0.25) is 4.79 Å². The summed E-state index contributed by atoms with van der Waals surface area (Å²) in [6.07, 6.45) is 2.16. The van der Waals surface area contributed by atoms with Crippen LogP contribution in [-0.4, -0.2) is 25.2 Å². The van der Waals surface area contributed by atoms with E-state index in [4.69, 9.17) is 32.7 Å². The van der Waals surface area contributed by atoms with Gasteiger partial charge in [0.2, 0.25) is 0 Å². The molecular formula is C18H17Cl2NO3. The fourth-order valence-electron chi connectivity index (χ4n) is 2.53. The molecule has 2 aromatic rings. The van der Waals surface area contributed by atoms with E-state index in [-0.39, 0.29) is 12.0 Å². The van der Waals surface area contributed by atoms with Crippen LogP contribution in [0.2, 0.25) is 10.0 Å². The van der Waals surface area contributed by atoms with Crippen LogP contribution in [0.25, 0.3) is 0 Å². The Morgan fingerprint density at radius 3 is 2.67 bits per heavy atom. The predicted octanol–water partition coefficient (Wildman–Crippen LogP) is 4.80. The van der Waals surface area contributed by atoms with E-state index in [1.165, 1.54) is 0 Å². The Morgan fingerprint density at radius 1 is 1.21 bits per heavy atom. The number of hydrogen-bond acceptors (Lipinski definition) is 3. The first-order valence-electron chi connectivity index (χ1n) is 7.73. The lowest BCUT2D eigenvalue weighted by Gasteiger charge is -2.15. The number of halogens is 2. The van der Waals surface area contributed by atoms with E-state index in [2.05, 4.69) is 5.32 Å². The molecule has 0 radical (unpaired) electrons. The Labute approximate surface area is 150 Å². The van der Waals surface area contributed by atoms with Gasteiger partial charge in [-0.15, -0.1) is 0 Å². The highest BCUT2D eigenvalue weighted by Gasteiger charge is 2.17. The number of hydrogen-bond donors (Lipinski definition) is 1. The molecule has 1 heterocycles. The number of carbonyl (C=O) groups excluding carboxylic acids is 1. The summed E-state index contributed by atoms with van der Waals surface area (Å²) in [7, 11) is 0. The van der Waals surface area contributed by atoms with Crippen molar-refractivity contribution in [2.45, 2.75) is 18.9 Å². The smallest absolute Gasteiger partial charge is 0.255 e. The SMILES string of the molecule is O=C(Nc1ccccc1OC[C@@H]1CCCO1)c1cc(Cl)cc(Cl)c1. The maximum atomic E-state index is 12.4. The highest BCUT2D eigenvalue weighted by Crippen LogP contribution is 2.26. The van der Waals surface area contributed by atoms with Gasteiger partial charge in [0.1, 0.15) is 12.4 Å². The van der Waals surface area contributed by atoms with Gasteiger partial charge >= 0.3 is 0 Å². The lowest BCUT2D eigenvalue weighted by molar-refractivity contribution is 0.0682. The zero-order chi connectivity index (χ0) is 16.9. The van der Waals surface area contributed by atoms with Crippen molar-refractivity contribution in [2.75, 3.05) is 18.5 Å². The van der Waals surface area contributed by atoms with Crippen LogP contribution in [0, 0.1) is 0 Å². The molecule has 0 aromatic heterocycles. The first-order chi connectivity index (χ1) is 11.6. The third kappa shape index (κ3) is 4.41. The number of anilines is 1. The number of nitrogens with one attached hydrogen (secondary N) is 1. The molecule has 1 saturated heterocycles. The lowest BCUT2D eigenvalue weighted by Crippen LogP contribution is -2.18. The van der Waals surface area contributed by atoms with E-state index in [9.17, 15) is 4.79 Å². The van der Waals surface area contributed by atoms with E-state index in [0.717, 1.165) is 19.4 Å². The molecule has 24 heavy (non-hydrogen) atoms. The van der Waals surface area contributed by atoms with E-state index in [0.29, 0.717) is 33.7 Å². The molecule has 0 spiro atoms. The van der Waals surface area contributed by atoms with E-state index in [1.807, 2.05) is 18.2 Å². The minimum atomic E-state index is -0.299. The molecule has 0 aliphatic carbocycles. The summed E-state index contributed by atoms with van der Waals surface area (Å²) in [6.45, 7) is 1.25. The topological polar surface area (TPSA) is 47.6 Å². The standard InChI is InChI=1S/C18H17Cl2NO3/c19-13-8-12(9-14(20)10-13)18(22)21-16-5-1-2-6-17(16)24-11-15-4-3-7-23-15/h1-2,5-6,8-10,15H,3-4,7,11H2,(H,21,22)/t15-/m0/s1. The van der Waals surface area contributed by atoms with Gasteiger partial charge in [0.05, 0.1) is 11.8 Å². The summed E-state index contributed by atoms with van der Waals surface area (Å²) in [4.78, 5) is 12.4. The summed E-state index contributed by atoms with van der Waals surface area (Å²) < 4.78 is 11.4. The van der Waals surface area contributed by atoms with Gasteiger partial charge in [0, 0.05) is 22.2 Å². The zero-order valence-corrected chi connectivity index (χ0v) is 14.4. The van der Waals surface area contributed by atoms with E-state index in [1.54, 1.807) is 24.3 Å². The second kappa shape index (κ2) is 7.88. The summed E-state index contributed by atoms with van der Waals surface area (Å²) in [5.74, 6) is 0.307. The average Bonchev–Trinajstić information content (AvgIpc) is 3.06. The van der Waals surface area contributed by atoms with Gasteiger partial charge < -0.3 is 14.8 Å². The molecule has 6 heteroatoms. The van der Waals surface area contributed by atoms with Gasteiger partial charge in [0.25, 0.3) is 5.91 Å². The van der Waals surface area contributed by atoms with Crippen LogP contribution < -0.4 is 10.1 Å². The molecule has 0 bridgehead atoms. The van der Waals surface area contributed by atoms with Crippen molar-refractivity contribution in [3.63, 3.8) is 0 Å². The van der Waals surface area contributed by atoms with Gasteiger partial charge in [0.15, 0.2) is 0 Å². The molecule has 1 N–H and O–H groups in total. The maximum Gasteiger partial charge on any atom is 0.255 e. The Hall–Kier alpha value is -1.75. The van der Waals surface area contributed by atoms with Crippen LogP contribution in [0.3, 0.4) is 0 Å². The van der Waals surface area contributed by atoms with Crippen molar-refractivity contribution in [1.29, 1.82) is 0 Å². The van der Waals surface area contributed by atoms with Crippen LogP contribution >= 0.6 is 23.2 Å². The maximum absolute atomic E-state index is 12.4. The lowest BCUT2D eigenvalue weighted by atomic mass is 10.2. The number of carbonyl (C=O) groups is 1. The van der Waals surface area contributed by atoms with Crippen molar-refractivity contribution in [3.8, 4) is 5.75 Å². The van der Waals surface area contributed by atoms with Crippen molar-refractivity contribution < 1.29 is 14.3 Å². The third-order valence-corrected chi connectivity index (χ3v) is 4.15. The fourth-order valence-corrected chi connectivity index (χ4v) is 3.06. The van der Waals surface area contributed by atoms with Crippen molar-refractivity contribution >= 4 is 34.8 Å². The molecule has 0 saturated carbocycles. The van der Waals surface area contributed by atoms with Crippen molar-refractivity contribution in [2.24, 2.45) is 0 Å². The third-order valence-electron chi connectivity index (χ3n) is 3.71. The van der Waals surface area contributed by atoms with Crippen LogP contribution in [0.1, 0.15) is 23.2 Å². The summed E-state index contributed by atoms with van der Waals surface area (Å²) >= 11 is 11.9. The number of para-hydroxylation sites is 2. The van der Waals surface area contributed by atoms with Gasteiger partial charge in [-0.2, -0.15) is 0 Å². The summed E-state index contributed by atoms with van der Waals surface area (Å²) in [5.41, 5.74) is 0.984. The molecular weight excluding hydrogens is 349 g/mol. The van der Waals surface area contributed by atoms with Crippen molar-refractivity contribution in [1.82, 2.24) is 0 Å². The quantitative estimate of drug-likeness (QED) is 0.827. The van der Waals surface area contributed by atoms with Crippen LogP contribution in [0.5, 0.6) is 5.75 Å². The minimum absolute atomic E-state index is 0.112. The molecule has 126 valence electrons. The summed E-state index contributed by atoms with van der Waals surface area (Å²) in [5, 5.41) is 3.66. The van der Waals surface area contributed by atoms with Gasteiger partial charge in [-0.05, 0) is 43.2 Å². The van der Waals surface area contributed by atoms with Crippen LogP contribution in [0.15, 0.2) is 42.5 Å². The monoisotopic (exact) mass is 365 g/mol. The largest absolute Gasteiger partial charge is 0.489 e. The number of amides is 1.